The molecule has 1 saturated carbocycles. The third kappa shape index (κ3) is 2.71. The molecule has 14 heavy (non-hydrogen) atoms. The summed E-state index contributed by atoms with van der Waals surface area (Å²) in [6.45, 7) is 6.23. The highest BCUT2D eigenvalue weighted by Gasteiger charge is 2.23. The Morgan fingerprint density at radius 2 is 2.14 bits per heavy atom. The van der Waals surface area contributed by atoms with Crippen molar-refractivity contribution in [1.82, 2.24) is 10.2 Å². The highest BCUT2D eigenvalue weighted by Crippen LogP contribution is 2.25. The number of nitrogens with zero attached hydrogens (tertiary/aromatic N) is 1. The molecule has 0 spiro atoms. The predicted octanol–water partition coefficient (Wildman–Crippen LogP) is 1.72. The Hall–Kier alpha value is -0.0800. The van der Waals surface area contributed by atoms with E-state index in [0.29, 0.717) is 0 Å². The molecular weight excluding hydrogens is 172 g/mol. The molecule has 2 aliphatic rings. The molecule has 0 bridgehead atoms. The number of rotatable bonds is 3. The molecular formula is C12H24N2. The van der Waals surface area contributed by atoms with E-state index < -0.39 is 0 Å². The maximum absolute atomic E-state index is 3.75. The van der Waals surface area contributed by atoms with Gasteiger partial charge in [-0.05, 0) is 57.7 Å². The van der Waals surface area contributed by atoms with E-state index in [2.05, 4.69) is 24.2 Å². The quantitative estimate of drug-likeness (QED) is 0.739. The van der Waals surface area contributed by atoms with Crippen molar-refractivity contribution < 1.29 is 0 Å². The maximum Gasteiger partial charge on any atom is 0.00698 e. The Labute approximate surface area is 88.1 Å². The molecule has 2 fully saturated rings. The van der Waals surface area contributed by atoms with Crippen LogP contribution in [0.15, 0.2) is 0 Å². The van der Waals surface area contributed by atoms with E-state index in [1.165, 1.54) is 45.3 Å². The van der Waals surface area contributed by atoms with E-state index in [-0.39, 0.29) is 0 Å². The third-order valence-electron chi connectivity index (χ3n) is 3.88. The van der Waals surface area contributed by atoms with Gasteiger partial charge in [0.2, 0.25) is 0 Å². The topological polar surface area (TPSA) is 15.3 Å². The van der Waals surface area contributed by atoms with Crippen LogP contribution in [0.2, 0.25) is 0 Å². The fraction of sp³-hybridized carbons (Fsp3) is 1.00. The summed E-state index contributed by atoms with van der Waals surface area (Å²) in [6.07, 6.45) is 5.64. The summed E-state index contributed by atoms with van der Waals surface area (Å²) in [4.78, 5) is 2.45. The molecule has 1 aliphatic heterocycles. The molecule has 1 N–H and O–H groups in total. The third-order valence-corrected chi connectivity index (χ3v) is 3.88. The normalized spacial score (nSPS) is 39.4. The van der Waals surface area contributed by atoms with Crippen LogP contribution in [0.3, 0.4) is 0 Å². The van der Waals surface area contributed by atoms with Crippen molar-refractivity contribution in [2.24, 2.45) is 11.8 Å². The number of nitrogens with one attached hydrogen (secondary N) is 1. The van der Waals surface area contributed by atoms with E-state index in [9.17, 15) is 0 Å². The van der Waals surface area contributed by atoms with Gasteiger partial charge in [0.25, 0.3) is 0 Å². The summed E-state index contributed by atoms with van der Waals surface area (Å²) in [5.41, 5.74) is 0. The zero-order valence-electron chi connectivity index (χ0n) is 9.63. The van der Waals surface area contributed by atoms with Crippen LogP contribution in [0, 0.1) is 11.8 Å². The van der Waals surface area contributed by atoms with Crippen molar-refractivity contribution >= 4 is 0 Å². The lowest BCUT2D eigenvalue weighted by Gasteiger charge is -2.16. The Balaban J connectivity index is 1.63. The van der Waals surface area contributed by atoms with Crippen LogP contribution in [0.4, 0.5) is 0 Å². The van der Waals surface area contributed by atoms with Gasteiger partial charge in [-0.2, -0.15) is 0 Å². The molecule has 0 aromatic carbocycles. The fourth-order valence-electron chi connectivity index (χ4n) is 2.92. The summed E-state index contributed by atoms with van der Waals surface area (Å²) in [7, 11) is 2.23. The van der Waals surface area contributed by atoms with Gasteiger partial charge in [-0.25, -0.2) is 0 Å². The van der Waals surface area contributed by atoms with Gasteiger partial charge < -0.3 is 10.2 Å². The summed E-state index contributed by atoms with van der Waals surface area (Å²) < 4.78 is 0. The van der Waals surface area contributed by atoms with Gasteiger partial charge in [-0.15, -0.1) is 0 Å². The number of likely N-dealkylation sites (tertiary alicyclic amines) is 1. The predicted molar refractivity (Wildman–Crippen MR) is 60.4 cm³/mol. The van der Waals surface area contributed by atoms with Gasteiger partial charge in [0, 0.05) is 12.6 Å². The lowest BCUT2D eigenvalue weighted by atomic mass is 10.1. The minimum atomic E-state index is 0.830. The van der Waals surface area contributed by atoms with E-state index >= 15 is 0 Å². The van der Waals surface area contributed by atoms with Gasteiger partial charge in [0.15, 0.2) is 0 Å². The van der Waals surface area contributed by atoms with Gasteiger partial charge >= 0.3 is 0 Å². The lowest BCUT2D eigenvalue weighted by molar-refractivity contribution is 0.377. The molecule has 1 heterocycles. The maximum atomic E-state index is 3.75. The summed E-state index contributed by atoms with van der Waals surface area (Å²) in [5.74, 6) is 1.87. The van der Waals surface area contributed by atoms with Crippen molar-refractivity contribution in [3.8, 4) is 0 Å². The average Bonchev–Trinajstić information content (AvgIpc) is 2.72. The van der Waals surface area contributed by atoms with Crippen LogP contribution >= 0.6 is 0 Å². The van der Waals surface area contributed by atoms with E-state index in [0.717, 1.165) is 17.9 Å². The highest BCUT2D eigenvalue weighted by molar-refractivity contribution is 4.81. The monoisotopic (exact) mass is 196 g/mol. The van der Waals surface area contributed by atoms with Crippen molar-refractivity contribution in [1.29, 1.82) is 0 Å². The molecule has 3 unspecified atom stereocenters. The van der Waals surface area contributed by atoms with Crippen molar-refractivity contribution in [2.45, 2.75) is 38.6 Å². The lowest BCUT2D eigenvalue weighted by Crippen LogP contribution is -2.32. The number of hydrogen-bond acceptors (Lipinski definition) is 2. The van der Waals surface area contributed by atoms with E-state index in [1.54, 1.807) is 0 Å². The fourth-order valence-corrected chi connectivity index (χ4v) is 2.92. The molecule has 1 aliphatic carbocycles. The smallest absolute Gasteiger partial charge is 0.00698 e. The van der Waals surface area contributed by atoms with E-state index in [1.807, 2.05) is 0 Å². The largest absolute Gasteiger partial charge is 0.314 e. The van der Waals surface area contributed by atoms with Crippen LogP contribution in [-0.4, -0.2) is 37.6 Å². The van der Waals surface area contributed by atoms with Gasteiger partial charge in [0.05, 0.1) is 0 Å². The van der Waals surface area contributed by atoms with Gasteiger partial charge in [-0.1, -0.05) is 6.92 Å². The summed E-state index contributed by atoms with van der Waals surface area (Å²) in [6, 6.07) is 0.830. The first-order valence-corrected chi connectivity index (χ1v) is 6.16. The first-order valence-electron chi connectivity index (χ1n) is 6.16. The SMILES string of the molecule is CC1CCC(NCC2CCN(C)C2)C1. The zero-order valence-corrected chi connectivity index (χ0v) is 9.63. The standard InChI is InChI=1S/C12H24N2/c1-10-3-4-12(7-10)13-8-11-5-6-14(2)9-11/h10-13H,3-9H2,1-2H3. The molecule has 0 amide bonds. The molecule has 2 heteroatoms. The van der Waals surface area contributed by atoms with Crippen LogP contribution in [0.1, 0.15) is 32.6 Å². The molecule has 1 saturated heterocycles. The first-order chi connectivity index (χ1) is 6.74. The van der Waals surface area contributed by atoms with Gasteiger partial charge in [-0.3, -0.25) is 0 Å². The van der Waals surface area contributed by atoms with Crippen molar-refractivity contribution in [2.75, 3.05) is 26.7 Å². The Bertz CT molecular complexity index is 161. The highest BCUT2D eigenvalue weighted by atomic mass is 15.1. The summed E-state index contributed by atoms with van der Waals surface area (Å²) in [5, 5.41) is 3.75. The van der Waals surface area contributed by atoms with Crippen molar-refractivity contribution in [3.63, 3.8) is 0 Å². The van der Waals surface area contributed by atoms with Gasteiger partial charge in [0.1, 0.15) is 0 Å². The molecule has 0 aromatic rings. The molecule has 2 nitrogen and oxygen atoms in total. The van der Waals surface area contributed by atoms with E-state index in [4.69, 9.17) is 0 Å². The van der Waals surface area contributed by atoms with Crippen LogP contribution < -0.4 is 5.32 Å². The first kappa shape index (κ1) is 10.4. The van der Waals surface area contributed by atoms with Crippen LogP contribution in [-0.2, 0) is 0 Å². The average molecular weight is 196 g/mol. The van der Waals surface area contributed by atoms with Crippen LogP contribution in [0.5, 0.6) is 0 Å². The number of hydrogen-bond donors (Lipinski definition) is 1. The second kappa shape index (κ2) is 4.63. The molecule has 0 aromatic heterocycles. The molecule has 2 rings (SSSR count). The summed E-state index contributed by atoms with van der Waals surface area (Å²) >= 11 is 0. The molecule has 82 valence electrons. The second-order valence-corrected chi connectivity index (χ2v) is 5.44. The van der Waals surface area contributed by atoms with Crippen LogP contribution in [0.25, 0.3) is 0 Å². The minimum absolute atomic E-state index is 0.830. The zero-order chi connectivity index (χ0) is 9.97. The molecule has 3 atom stereocenters. The second-order valence-electron chi connectivity index (χ2n) is 5.44. The Kier molecular flexibility index (Phi) is 3.45. The minimum Gasteiger partial charge on any atom is -0.314 e. The van der Waals surface area contributed by atoms with Crippen molar-refractivity contribution in [3.05, 3.63) is 0 Å². The Morgan fingerprint density at radius 3 is 2.71 bits per heavy atom. The Morgan fingerprint density at radius 1 is 1.29 bits per heavy atom. The molecule has 0 radical (unpaired) electrons.